The molecule has 6 heteroatoms. The van der Waals surface area contributed by atoms with Crippen LogP contribution in [0.15, 0.2) is 6.33 Å². The van der Waals surface area contributed by atoms with E-state index in [4.69, 9.17) is 21.4 Å². The zero-order valence-corrected chi connectivity index (χ0v) is 10.5. The van der Waals surface area contributed by atoms with E-state index in [1.807, 2.05) is 0 Å². The minimum Gasteiger partial charge on any atom is -0.490 e. The lowest BCUT2D eigenvalue weighted by Gasteiger charge is -2.16. The van der Waals surface area contributed by atoms with E-state index < -0.39 is 0 Å². The summed E-state index contributed by atoms with van der Waals surface area (Å²) in [5, 5.41) is 12.5. The van der Waals surface area contributed by atoms with Crippen molar-refractivity contribution in [1.82, 2.24) is 9.97 Å². The second kappa shape index (κ2) is 5.06. The van der Waals surface area contributed by atoms with Gasteiger partial charge in [0, 0.05) is 13.2 Å². The standard InChI is InChI=1S/C11H16ClN3O2/c1-17-8-9(12)14-7-15-10(8)13-6-11(2-3-11)4-5-16/h7,16H,2-6H2,1H3,(H,13,14,15). The van der Waals surface area contributed by atoms with Crippen LogP contribution in [0.4, 0.5) is 5.82 Å². The van der Waals surface area contributed by atoms with Gasteiger partial charge in [-0.1, -0.05) is 11.6 Å². The molecule has 0 bridgehead atoms. The lowest BCUT2D eigenvalue weighted by molar-refractivity contribution is 0.253. The van der Waals surface area contributed by atoms with E-state index in [0.717, 1.165) is 25.8 Å². The van der Waals surface area contributed by atoms with Crippen molar-refractivity contribution in [3.05, 3.63) is 11.5 Å². The number of halogens is 1. The zero-order chi connectivity index (χ0) is 12.3. The molecule has 0 unspecified atom stereocenters. The van der Waals surface area contributed by atoms with E-state index in [0.29, 0.717) is 16.7 Å². The van der Waals surface area contributed by atoms with Crippen LogP contribution in [0.5, 0.6) is 5.75 Å². The third-order valence-electron chi connectivity index (χ3n) is 3.19. The number of methoxy groups -OCH3 is 1. The van der Waals surface area contributed by atoms with Gasteiger partial charge in [-0.15, -0.1) is 0 Å². The highest BCUT2D eigenvalue weighted by Crippen LogP contribution is 2.48. The molecule has 2 N–H and O–H groups in total. The lowest BCUT2D eigenvalue weighted by atomic mass is 10.0. The zero-order valence-electron chi connectivity index (χ0n) is 9.74. The molecule has 5 nitrogen and oxygen atoms in total. The first-order valence-corrected chi connectivity index (χ1v) is 5.98. The molecule has 1 saturated carbocycles. The summed E-state index contributed by atoms with van der Waals surface area (Å²) in [4.78, 5) is 7.96. The molecule has 0 atom stereocenters. The molecule has 1 heterocycles. The molecule has 17 heavy (non-hydrogen) atoms. The molecule has 94 valence electrons. The van der Waals surface area contributed by atoms with Crippen molar-refractivity contribution in [2.75, 3.05) is 25.6 Å². The molecule has 1 aliphatic carbocycles. The van der Waals surface area contributed by atoms with E-state index >= 15 is 0 Å². The Labute approximate surface area is 105 Å². The Hall–Kier alpha value is -1.07. The summed E-state index contributed by atoms with van der Waals surface area (Å²) in [5.41, 5.74) is 0.219. The largest absolute Gasteiger partial charge is 0.490 e. The molecule has 1 aromatic heterocycles. The minimum atomic E-state index is 0.219. The van der Waals surface area contributed by atoms with Crippen molar-refractivity contribution < 1.29 is 9.84 Å². The number of aliphatic hydroxyl groups excluding tert-OH is 1. The molecular formula is C11H16ClN3O2. The maximum Gasteiger partial charge on any atom is 0.198 e. The molecule has 0 amide bonds. The Morgan fingerprint density at radius 3 is 2.88 bits per heavy atom. The van der Waals surface area contributed by atoms with Gasteiger partial charge in [-0.05, 0) is 24.7 Å². The molecular weight excluding hydrogens is 242 g/mol. The Balaban J connectivity index is 2.02. The van der Waals surface area contributed by atoms with Crippen molar-refractivity contribution in [2.24, 2.45) is 5.41 Å². The fraction of sp³-hybridized carbons (Fsp3) is 0.636. The van der Waals surface area contributed by atoms with Crippen LogP contribution >= 0.6 is 11.6 Å². The maximum absolute atomic E-state index is 8.98. The Morgan fingerprint density at radius 1 is 1.53 bits per heavy atom. The van der Waals surface area contributed by atoms with Crippen LogP contribution in [0.1, 0.15) is 19.3 Å². The molecule has 0 aromatic carbocycles. The summed E-state index contributed by atoms with van der Waals surface area (Å²) < 4.78 is 5.15. The Bertz CT molecular complexity index is 396. The van der Waals surface area contributed by atoms with Gasteiger partial charge in [-0.3, -0.25) is 0 Å². The fourth-order valence-electron chi connectivity index (χ4n) is 1.86. The number of hydrogen-bond acceptors (Lipinski definition) is 5. The summed E-state index contributed by atoms with van der Waals surface area (Å²) in [6.07, 6.45) is 4.50. The van der Waals surface area contributed by atoms with E-state index in [-0.39, 0.29) is 12.0 Å². The first kappa shape index (κ1) is 12.4. The topological polar surface area (TPSA) is 67.3 Å². The van der Waals surface area contributed by atoms with Crippen LogP contribution in [0.25, 0.3) is 0 Å². The van der Waals surface area contributed by atoms with Gasteiger partial charge < -0.3 is 15.2 Å². The van der Waals surface area contributed by atoms with Gasteiger partial charge in [0.05, 0.1) is 7.11 Å². The van der Waals surface area contributed by atoms with Crippen LogP contribution < -0.4 is 10.1 Å². The summed E-state index contributed by atoms with van der Waals surface area (Å²) in [6, 6.07) is 0. The van der Waals surface area contributed by atoms with Gasteiger partial charge in [-0.25, -0.2) is 9.97 Å². The van der Waals surface area contributed by atoms with Crippen molar-refractivity contribution in [3.8, 4) is 5.75 Å². The molecule has 0 spiro atoms. The molecule has 0 aliphatic heterocycles. The summed E-state index contributed by atoms with van der Waals surface area (Å²) in [7, 11) is 1.54. The van der Waals surface area contributed by atoms with Crippen LogP contribution in [0.2, 0.25) is 5.15 Å². The van der Waals surface area contributed by atoms with Gasteiger partial charge in [0.15, 0.2) is 16.7 Å². The van der Waals surface area contributed by atoms with Gasteiger partial charge in [0.1, 0.15) is 6.33 Å². The molecule has 0 radical (unpaired) electrons. The summed E-state index contributed by atoms with van der Waals surface area (Å²) in [5.74, 6) is 1.07. The number of hydrogen-bond donors (Lipinski definition) is 2. The number of ether oxygens (including phenoxy) is 1. The third-order valence-corrected chi connectivity index (χ3v) is 3.46. The van der Waals surface area contributed by atoms with Gasteiger partial charge in [0.2, 0.25) is 0 Å². The first-order chi connectivity index (χ1) is 8.21. The van der Waals surface area contributed by atoms with E-state index in [1.165, 1.54) is 13.4 Å². The molecule has 1 fully saturated rings. The smallest absolute Gasteiger partial charge is 0.198 e. The highest BCUT2D eigenvalue weighted by Gasteiger charge is 2.41. The average Bonchev–Trinajstić information content (AvgIpc) is 3.07. The first-order valence-electron chi connectivity index (χ1n) is 5.60. The molecule has 1 aliphatic rings. The quantitative estimate of drug-likeness (QED) is 0.760. The van der Waals surface area contributed by atoms with Crippen LogP contribution in [-0.2, 0) is 0 Å². The number of aliphatic hydroxyl groups is 1. The number of rotatable bonds is 6. The molecule has 2 rings (SSSR count). The minimum absolute atomic E-state index is 0.219. The lowest BCUT2D eigenvalue weighted by Crippen LogP contribution is -2.18. The normalized spacial score (nSPS) is 16.6. The predicted octanol–water partition coefficient (Wildman–Crippen LogP) is 1.71. The van der Waals surface area contributed by atoms with Crippen molar-refractivity contribution in [3.63, 3.8) is 0 Å². The van der Waals surface area contributed by atoms with Gasteiger partial charge in [-0.2, -0.15) is 0 Å². The number of nitrogens with one attached hydrogen (secondary N) is 1. The highest BCUT2D eigenvalue weighted by molar-refractivity contribution is 6.31. The second-order valence-electron chi connectivity index (χ2n) is 4.37. The van der Waals surface area contributed by atoms with Crippen LogP contribution in [0, 0.1) is 5.41 Å². The summed E-state index contributed by atoms with van der Waals surface area (Å²) in [6.45, 7) is 1.00. The SMILES string of the molecule is COc1c(Cl)ncnc1NCC1(CCO)CC1. The van der Waals surface area contributed by atoms with Crippen molar-refractivity contribution in [1.29, 1.82) is 0 Å². The van der Waals surface area contributed by atoms with Crippen molar-refractivity contribution in [2.45, 2.75) is 19.3 Å². The van der Waals surface area contributed by atoms with E-state index in [2.05, 4.69) is 15.3 Å². The number of aromatic nitrogens is 2. The average molecular weight is 258 g/mol. The van der Waals surface area contributed by atoms with E-state index in [9.17, 15) is 0 Å². The highest BCUT2D eigenvalue weighted by atomic mass is 35.5. The maximum atomic E-state index is 8.98. The Morgan fingerprint density at radius 2 is 2.29 bits per heavy atom. The van der Waals surface area contributed by atoms with E-state index in [1.54, 1.807) is 0 Å². The van der Waals surface area contributed by atoms with Crippen LogP contribution in [-0.4, -0.2) is 35.3 Å². The van der Waals surface area contributed by atoms with Gasteiger partial charge in [0.25, 0.3) is 0 Å². The molecule has 1 aromatic rings. The van der Waals surface area contributed by atoms with Crippen molar-refractivity contribution >= 4 is 17.4 Å². The number of anilines is 1. The summed E-state index contributed by atoms with van der Waals surface area (Å²) >= 11 is 5.90. The molecule has 0 saturated heterocycles. The monoisotopic (exact) mass is 257 g/mol. The second-order valence-corrected chi connectivity index (χ2v) is 4.73. The Kier molecular flexibility index (Phi) is 3.69. The van der Waals surface area contributed by atoms with Crippen LogP contribution in [0.3, 0.4) is 0 Å². The predicted molar refractivity (Wildman–Crippen MR) is 65.5 cm³/mol. The fourth-order valence-corrected chi connectivity index (χ4v) is 2.07. The third kappa shape index (κ3) is 2.79. The van der Waals surface area contributed by atoms with Gasteiger partial charge >= 0.3 is 0 Å². The number of nitrogens with zero attached hydrogens (tertiary/aromatic N) is 2.